The second-order valence-corrected chi connectivity index (χ2v) is 7.40. The van der Waals surface area contributed by atoms with E-state index in [9.17, 15) is 9.59 Å². The zero-order valence-electron chi connectivity index (χ0n) is 16.1. The molecule has 2 aromatic rings. The summed E-state index contributed by atoms with van der Waals surface area (Å²) in [7, 11) is 1.51. The predicted octanol–water partition coefficient (Wildman–Crippen LogP) is 3.99. The number of hydrogen-bond acceptors (Lipinski definition) is 4. The monoisotopic (exact) mass is 396 g/mol. The van der Waals surface area contributed by atoms with Crippen molar-refractivity contribution in [3.05, 3.63) is 59.7 Å². The summed E-state index contributed by atoms with van der Waals surface area (Å²) in [5.74, 6) is -0.278. The molecule has 0 fully saturated rings. The number of carbonyl (C=O) groups excluding carboxylic acids is 2. The minimum absolute atomic E-state index is 0.0497. The number of benzene rings is 2. The van der Waals surface area contributed by atoms with Crippen LogP contribution in [0.2, 0.25) is 0 Å². The van der Waals surface area contributed by atoms with Crippen LogP contribution in [0.5, 0.6) is 0 Å². The van der Waals surface area contributed by atoms with Gasteiger partial charge in [0.15, 0.2) is 0 Å². The standard InChI is InChI=1S/C22H24N2O3S/c1-27-15-22(26)24-13-3-4-17-8-9-18(14-20(17)24)23-21(25)12-7-16-5-10-19(28-2)11-6-16/h5-12,14H,3-4,13,15H2,1-2H3,(H,23,25). The third-order valence-corrected chi connectivity index (χ3v) is 5.33. The fraction of sp³-hybridized carbons (Fsp3) is 0.273. The molecule has 146 valence electrons. The quantitative estimate of drug-likeness (QED) is 0.593. The Labute approximate surface area is 169 Å². The molecule has 0 spiro atoms. The van der Waals surface area contributed by atoms with Crippen molar-refractivity contribution >= 4 is 41.0 Å². The van der Waals surface area contributed by atoms with Crippen LogP contribution in [0.4, 0.5) is 11.4 Å². The van der Waals surface area contributed by atoms with E-state index in [4.69, 9.17) is 4.74 Å². The minimum Gasteiger partial charge on any atom is -0.375 e. The number of fused-ring (bicyclic) bond motifs is 1. The van der Waals surface area contributed by atoms with Crippen LogP contribution in [-0.4, -0.2) is 38.3 Å². The number of nitrogens with zero attached hydrogens (tertiary/aromatic N) is 1. The zero-order chi connectivity index (χ0) is 19.9. The highest BCUT2D eigenvalue weighted by Gasteiger charge is 2.22. The molecule has 0 radical (unpaired) electrons. The first-order valence-electron chi connectivity index (χ1n) is 9.16. The van der Waals surface area contributed by atoms with Crippen molar-refractivity contribution in [1.82, 2.24) is 0 Å². The number of rotatable bonds is 6. The van der Waals surface area contributed by atoms with Crippen LogP contribution >= 0.6 is 11.8 Å². The van der Waals surface area contributed by atoms with Crippen molar-refractivity contribution in [2.45, 2.75) is 17.7 Å². The molecule has 0 aliphatic carbocycles. The summed E-state index contributed by atoms with van der Waals surface area (Å²) in [6, 6.07) is 13.7. The number of hydrogen-bond donors (Lipinski definition) is 1. The van der Waals surface area contributed by atoms with E-state index in [0.717, 1.165) is 29.7 Å². The lowest BCUT2D eigenvalue weighted by Crippen LogP contribution is -2.37. The Morgan fingerprint density at radius 3 is 2.71 bits per heavy atom. The molecule has 0 bridgehead atoms. The summed E-state index contributed by atoms with van der Waals surface area (Å²) in [6.07, 6.45) is 7.17. The molecular weight excluding hydrogens is 372 g/mol. The van der Waals surface area contributed by atoms with Gasteiger partial charge in [-0.25, -0.2) is 0 Å². The molecule has 2 aromatic carbocycles. The lowest BCUT2D eigenvalue weighted by atomic mass is 10.0. The molecule has 3 rings (SSSR count). The summed E-state index contributed by atoms with van der Waals surface area (Å²) in [5, 5.41) is 2.88. The average Bonchev–Trinajstić information content (AvgIpc) is 2.72. The summed E-state index contributed by atoms with van der Waals surface area (Å²) < 4.78 is 4.98. The maximum absolute atomic E-state index is 12.3. The molecule has 0 saturated carbocycles. The Balaban J connectivity index is 1.70. The number of carbonyl (C=O) groups is 2. The van der Waals surface area contributed by atoms with Gasteiger partial charge in [0.1, 0.15) is 6.61 Å². The third-order valence-electron chi connectivity index (χ3n) is 4.58. The van der Waals surface area contributed by atoms with Gasteiger partial charge in [-0.1, -0.05) is 18.2 Å². The zero-order valence-corrected chi connectivity index (χ0v) is 16.9. The number of aryl methyl sites for hydroxylation is 1. The molecule has 0 unspecified atom stereocenters. The van der Waals surface area contributed by atoms with Crippen molar-refractivity contribution < 1.29 is 14.3 Å². The molecule has 2 amide bonds. The van der Waals surface area contributed by atoms with Crippen molar-refractivity contribution in [2.75, 3.05) is 36.7 Å². The topological polar surface area (TPSA) is 58.6 Å². The van der Waals surface area contributed by atoms with Crippen LogP contribution in [0.15, 0.2) is 53.4 Å². The van der Waals surface area contributed by atoms with E-state index in [1.165, 1.54) is 18.1 Å². The summed E-state index contributed by atoms with van der Waals surface area (Å²) in [6.45, 7) is 0.715. The van der Waals surface area contributed by atoms with Crippen molar-refractivity contribution in [2.24, 2.45) is 0 Å². The average molecular weight is 397 g/mol. The highest BCUT2D eigenvalue weighted by atomic mass is 32.2. The van der Waals surface area contributed by atoms with Gasteiger partial charge >= 0.3 is 0 Å². The Hall–Kier alpha value is -2.57. The molecule has 0 atom stereocenters. The largest absolute Gasteiger partial charge is 0.375 e. The van der Waals surface area contributed by atoms with E-state index >= 15 is 0 Å². The van der Waals surface area contributed by atoms with Crippen molar-refractivity contribution in [3.63, 3.8) is 0 Å². The van der Waals surface area contributed by atoms with Gasteiger partial charge in [-0.05, 0) is 60.6 Å². The molecule has 1 aliphatic heterocycles. The second kappa shape index (κ2) is 9.57. The van der Waals surface area contributed by atoms with Crippen LogP contribution in [0.25, 0.3) is 6.08 Å². The maximum atomic E-state index is 12.3. The van der Waals surface area contributed by atoms with Gasteiger partial charge in [0.25, 0.3) is 5.91 Å². The Morgan fingerprint density at radius 1 is 1.21 bits per heavy atom. The second-order valence-electron chi connectivity index (χ2n) is 6.52. The van der Waals surface area contributed by atoms with E-state index in [1.54, 1.807) is 22.7 Å². The molecule has 0 saturated heterocycles. The molecule has 6 heteroatoms. The number of thioether (sulfide) groups is 1. The fourth-order valence-corrected chi connectivity index (χ4v) is 3.59. The van der Waals surface area contributed by atoms with Gasteiger partial charge in [0.05, 0.1) is 0 Å². The van der Waals surface area contributed by atoms with E-state index < -0.39 is 0 Å². The van der Waals surface area contributed by atoms with Gasteiger partial charge in [-0.2, -0.15) is 0 Å². The Morgan fingerprint density at radius 2 is 2.00 bits per heavy atom. The van der Waals surface area contributed by atoms with Crippen LogP contribution in [0.3, 0.4) is 0 Å². The summed E-state index contributed by atoms with van der Waals surface area (Å²) >= 11 is 1.68. The van der Waals surface area contributed by atoms with Gasteiger partial charge in [0.2, 0.25) is 5.91 Å². The Bertz CT molecular complexity index is 878. The number of anilines is 2. The number of amides is 2. The van der Waals surface area contributed by atoms with E-state index in [0.29, 0.717) is 12.2 Å². The number of methoxy groups -OCH3 is 1. The lowest BCUT2D eigenvalue weighted by molar-refractivity contribution is -0.122. The lowest BCUT2D eigenvalue weighted by Gasteiger charge is -2.29. The van der Waals surface area contributed by atoms with Gasteiger partial charge in [-0.15, -0.1) is 11.8 Å². The molecule has 1 N–H and O–H groups in total. The maximum Gasteiger partial charge on any atom is 0.252 e. The van der Waals surface area contributed by atoms with E-state index in [2.05, 4.69) is 5.32 Å². The normalized spacial score (nSPS) is 13.4. The van der Waals surface area contributed by atoms with Gasteiger partial charge < -0.3 is 15.0 Å². The van der Waals surface area contributed by atoms with Crippen molar-refractivity contribution in [3.8, 4) is 0 Å². The van der Waals surface area contributed by atoms with Crippen molar-refractivity contribution in [1.29, 1.82) is 0 Å². The first-order valence-corrected chi connectivity index (χ1v) is 10.4. The minimum atomic E-state index is -0.209. The van der Waals surface area contributed by atoms with Crippen LogP contribution in [0.1, 0.15) is 17.5 Å². The number of ether oxygens (including phenoxy) is 1. The van der Waals surface area contributed by atoms with Crippen LogP contribution in [-0.2, 0) is 20.7 Å². The molecular formula is C22H24N2O3S. The van der Waals surface area contributed by atoms with Crippen LogP contribution < -0.4 is 10.2 Å². The highest BCUT2D eigenvalue weighted by Crippen LogP contribution is 2.30. The molecule has 0 aromatic heterocycles. The number of nitrogens with one attached hydrogen (secondary N) is 1. The molecule has 28 heavy (non-hydrogen) atoms. The molecule has 5 nitrogen and oxygen atoms in total. The molecule has 1 aliphatic rings. The smallest absolute Gasteiger partial charge is 0.252 e. The van der Waals surface area contributed by atoms with E-state index in [1.807, 2.05) is 48.7 Å². The SMILES string of the molecule is COCC(=O)N1CCCc2ccc(NC(=O)C=Cc3ccc(SC)cc3)cc21. The highest BCUT2D eigenvalue weighted by molar-refractivity contribution is 7.98. The fourth-order valence-electron chi connectivity index (χ4n) is 3.18. The van der Waals surface area contributed by atoms with Gasteiger partial charge in [-0.3, -0.25) is 9.59 Å². The first kappa shape index (κ1) is 20.2. The summed E-state index contributed by atoms with van der Waals surface area (Å²) in [4.78, 5) is 27.5. The molecule has 1 heterocycles. The van der Waals surface area contributed by atoms with Gasteiger partial charge in [0, 0.05) is 36.0 Å². The third kappa shape index (κ3) is 5.03. The Kier molecular flexibility index (Phi) is 6.90. The first-order chi connectivity index (χ1) is 13.6. The predicted molar refractivity (Wildman–Crippen MR) is 115 cm³/mol. The van der Waals surface area contributed by atoms with E-state index in [-0.39, 0.29) is 18.4 Å². The summed E-state index contributed by atoms with van der Waals surface area (Å²) in [5.41, 5.74) is 3.60. The van der Waals surface area contributed by atoms with Crippen LogP contribution in [0, 0.1) is 0 Å².